The normalized spacial score (nSPS) is 10.6. The molecule has 0 saturated heterocycles. The Morgan fingerprint density at radius 2 is 1.47 bits per heavy atom. The van der Waals surface area contributed by atoms with E-state index in [9.17, 15) is 18.0 Å². The van der Waals surface area contributed by atoms with Crippen molar-refractivity contribution in [3.63, 3.8) is 0 Å². The van der Waals surface area contributed by atoms with Crippen molar-refractivity contribution in [3.8, 4) is 0 Å². The molecule has 1 nitrogen and oxygen atoms in total. The molecule has 0 spiro atoms. The molecule has 0 saturated carbocycles. The minimum atomic E-state index is -1.65. The Hall–Kier alpha value is -1.84. The van der Waals surface area contributed by atoms with Gasteiger partial charge in [-0.3, -0.25) is 4.79 Å². The molecule has 0 atom stereocenters. The van der Waals surface area contributed by atoms with Crippen LogP contribution in [0.15, 0.2) is 24.3 Å². The number of fused-ring (bicyclic) bond motifs is 1. The molecule has 0 aliphatic heterocycles. The topological polar surface area (TPSA) is 17.1 Å². The quantitative estimate of drug-likeness (QED) is 0.660. The second kappa shape index (κ2) is 3.38. The molecule has 0 aromatic heterocycles. The summed E-state index contributed by atoms with van der Waals surface area (Å²) >= 11 is 0. The van der Waals surface area contributed by atoms with E-state index in [2.05, 4.69) is 0 Å². The number of rotatable bonds is 1. The highest BCUT2D eigenvalue weighted by molar-refractivity contribution is 5.98. The van der Waals surface area contributed by atoms with Gasteiger partial charge in [0.05, 0.1) is 5.56 Å². The molecular formula is C11H4F3O. The summed E-state index contributed by atoms with van der Waals surface area (Å²) in [5.74, 6) is -4.43. The highest BCUT2D eigenvalue weighted by Crippen LogP contribution is 2.26. The molecule has 0 aliphatic rings. The minimum Gasteiger partial charge on any atom is -0.285 e. The van der Waals surface area contributed by atoms with Crippen LogP contribution in [0, 0.1) is 17.5 Å². The van der Waals surface area contributed by atoms with E-state index in [1.54, 1.807) is 0 Å². The van der Waals surface area contributed by atoms with Crippen molar-refractivity contribution in [2.24, 2.45) is 0 Å². The predicted octanol–water partition coefficient (Wildman–Crippen LogP) is 2.71. The Bertz CT molecular complexity index is 549. The maximum absolute atomic E-state index is 13.2. The molecular weight excluding hydrogens is 205 g/mol. The first kappa shape index (κ1) is 9.71. The molecule has 4 heteroatoms. The molecule has 0 fully saturated rings. The van der Waals surface area contributed by atoms with Crippen LogP contribution in [0.3, 0.4) is 0 Å². The van der Waals surface area contributed by atoms with Gasteiger partial charge in [0.2, 0.25) is 6.29 Å². The van der Waals surface area contributed by atoms with Gasteiger partial charge in [-0.05, 0) is 5.39 Å². The fourth-order valence-electron chi connectivity index (χ4n) is 1.43. The standard InChI is InChI=1S/C11H4F3O/c12-9-7-4-2-1-3-6(7)8(5-15)10(13)11(9)14/h1-4H. The van der Waals surface area contributed by atoms with E-state index in [-0.39, 0.29) is 10.8 Å². The number of hydrogen-bond acceptors (Lipinski definition) is 1. The Morgan fingerprint density at radius 1 is 0.867 bits per heavy atom. The maximum atomic E-state index is 13.2. The van der Waals surface area contributed by atoms with Gasteiger partial charge in [0, 0.05) is 5.39 Å². The molecule has 0 unspecified atom stereocenters. The summed E-state index contributed by atoms with van der Waals surface area (Å²) in [7, 11) is 0. The monoisotopic (exact) mass is 209 g/mol. The molecule has 2 aromatic rings. The van der Waals surface area contributed by atoms with E-state index in [0.717, 1.165) is 0 Å². The molecule has 0 heterocycles. The number of carbonyl (C=O) groups excluding carboxylic acids is 1. The Morgan fingerprint density at radius 3 is 2.07 bits per heavy atom. The highest BCUT2D eigenvalue weighted by atomic mass is 19.2. The first-order valence-electron chi connectivity index (χ1n) is 4.10. The van der Waals surface area contributed by atoms with E-state index in [0.29, 0.717) is 0 Å². The fourth-order valence-corrected chi connectivity index (χ4v) is 1.43. The molecule has 15 heavy (non-hydrogen) atoms. The molecule has 0 bridgehead atoms. The van der Waals surface area contributed by atoms with Crippen molar-refractivity contribution in [1.29, 1.82) is 0 Å². The largest absolute Gasteiger partial charge is 0.285 e. The second-order valence-corrected chi connectivity index (χ2v) is 2.96. The molecule has 1 radical (unpaired) electrons. The van der Waals surface area contributed by atoms with Gasteiger partial charge in [0.1, 0.15) is 0 Å². The van der Waals surface area contributed by atoms with Gasteiger partial charge in [-0.1, -0.05) is 24.3 Å². The summed E-state index contributed by atoms with van der Waals surface area (Å²) in [6, 6.07) is 5.58. The van der Waals surface area contributed by atoms with Crippen LogP contribution in [0.1, 0.15) is 5.56 Å². The predicted molar refractivity (Wildman–Crippen MR) is 48.6 cm³/mol. The fraction of sp³-hybridized carbons (Fsp3) is 0. The van der Waals surface area contributed by atoms with Crippen LogP contribution in [0.5, 0.6) is 0 Å². The van der Waals surface area contributed by atoms with E-state index >= 15 is 0 Å². The first-order valence-corrected chi connectivity index (χ1v) is 4.10. The van der Waals surface area contributed by atoms with Crippen molar-refractivity contribution < 1.29 is 18.0 Å². The number of benzene rings is 2. The lowest BCUT2D eigenvalue weighted by molar-refractivity contribution is 0.451. The van der Waals surface area contributed by atoms with Gasteiger partial charge in [0.15, 0.2) is 17.5 Å². The van der Waals surface area contributed by atoms with Gasteiger partial charge in [-0.2, -0.15) is 0 Å². The minimum absolute atomic E-state index is 0.0175. The lowest BCUT2D eigenvalue weighted by atomic mass is 10.0. The first-order chi connectivity index (χ1) is 7.16. The maximum Gasteiger partial charge on any atom is 0.237 e. The summed E-state index contributed by atoms with van der Waals surface area (Å²) in [4.78, 5) is 10.5. The van der Waals surface area contributed by atoms with Gasteiger partial charge >= 0.3 is 0 Å². The van der Waals surface area contributed by atoms with Crippen LogP contribution in [-0.4, -0.2) is 6.29 Å². The highest BCUT2D eigenvalue weighted by Gasteiger charge is 2.19. The lowest BCUT2D eigenvalue weighted by Gasteiger charge is -2.04. The van der Waals surface area contributed by atoms with E-state index < -0.39 is 23.0 Å². The average molecular weight is 209 g/mol. The van der Waals surface area contributed by atoms with Crippen molar-refractivity contribution in [2.75, 3.05) is 0 Å². The average Bonchev–Trinajstić information content (AvgIpc) is 2.27. The van der Waals surface area contributed by atoms with Crippen LogP contribution < -0.4 is 0 Å². The van der Waals surface area contributed by atoms with Crippen LogP contribution in [0.4, 0.5) is 13.2 Å². The van der Waals surface area contributed by atoms with Crippen molar-refractivity contribution in [2.45, 2.75) is 0 Å². The molecule has 2 aromatic carbocycles. The van der Waals surface area contributed by atoms with Gasteiger partial charge < -0.3 is 0 Å². The Labute approximate surface area is 83.1 Å². The SMILES string of the molecule is O=[C]c1c(F)c(F)c(F)c2ccccc12. The number of halogens is 3. The summed E-state index contributed by atoms with van der Waals surface area (Å²) in [5.41, 5.74) is -0.579. The third-order valence-electron chi connectivity index (χ3n) is 2.14. The zero-order chi connectivity index (χ0) is 11.0. The van der Waals surface area contributed by atoms with Crippen LogP contribution in [0.2, 0.25) is 0 Å². The lowest BCUT2D eigenvalue weighted by Crippen LogP contribution is -1.99. The van der Waals surface area contributed by atoms with Crippen molar-refractivity contribution in [3.05, 3.63) is 47.3 Å². The van der Waals surface area contributed by atoms with Crippen molar-refractivity contribution in [1.82, 2.24) is 0 Å². The summed E-state index contributed by atoms with van der Waals surface area (Å²) in [6.07, 6.45) is 1.27. The van der Waals surface area contributed by atoms with Crippen molar-refractivity contribution >= 4 is 17.1 Å². The molecule has 2 rings (SSSR count). The Kier molecular flexibility index (Phi) is 2.19. The summed E-state index contributed by atoms with van der Waals surface area (Å²) < 4.78 is 39.3. The van der Waals surface area contributed by atoms with E-state index in [4.69, 9.17) is 0 Å². The molecule has 0 N–H and O–H groups in total. The number of hydrogen-bond donors (Lipinski definition) is 0. The summed E-state index contributed by atoms with van der Waals surface area (Å²) in [6.45, 7) is 0. The smallest absolute Gasteiger partial charge is 0.237 e. The zero-order valence-electron chi connectivity index (χ0n) is 7.35. The van der Waals surface area contributed by atoms with E-state index in [1.807, 2.05) is 0 Å². The van der Waals surface area contributed by atoms with Gasteiger partial charge in [-0.25, -0.2) is 13.2 Å². The summed E-state index contributed by atoms with van der Waals surface area (Å²) in [5, 5.41) is -0.112. The van der Waals surface area contributed by atoms with Crippen LogP contribution in [0.25, 0.3) is 10.8 Å². The molecule has 0 amide bonds. The molecule has 0 aliphatic carbocycles. The van der Waals surface area contributed by atoms with Crippen LogP contribution >= 0.6 is 0 Å². The van der Waals surface area contributed by atoms with E-state index in [1.165, 1.54) is 30.6 Å². The molecule has 75 valence electrons. The zero-order valence-corrected chi connectivity index (χ0v) is 7.35. The van der Waals surface area contributed by atoms with Gasteiger partial charge in [0.25, 0.3) is 0 Å². The second-order valence-electron chi connectivity index (χ2n) is 2.96. The third kappa shape index (κ3) is 1.29. The van der Waals surface area contributed by atoms with Crippen LogP contribution in [-0.2, 0) is 4.79 Å². The Balaban J connectivity index is 3.04. The van der Waals surface area contributed by atoms with Gasteiger partial charge in [-0.15, -0.1) is 0 Å². The third-order valence-corrected chi connectivity index (χ3v) is 2.14.